The van der Waals surface area contributed by atoms with Gasteiger partial charge in [0, 0.05) is 14.1 Å². The summed E-state index contributed by atoms with van der Waals surface area (Å²) in [6, 6.07) is -1.44. The zero-order valence-electron chi connectivity index (χ0n) is 10.4. The van der Waals surface area contributed by atoms with Crippen molar-refractivity contribution in [3.8, 4) is 0 Å². The van der Waals surface area contributed by atoms with Crippen molar-refractivity contribution in [3.05, 3.63) is 0 Å². The number of primary amides is 1. The Bertz CT molecular complexity index is 291. The van der Waals surface area contributed by atoms with Gasteiger partial charge in [-0.2, -0.15) is 0 Å². The Morgan fingerprint density at radius 1 is 1.29 bits per heavy atom. The van der Waals surface area contributed by atoms with Gasteiger partial charge in [-0.1, -0.05) is 13.3 Å². The summed E-state index contributed by atoms with van der Waals surface area (Å²) in [5.74, 6) is -0.617. The highest BCUT2D eigenvalue weighted by Crippen LogP contribution is 1.96. The number of nitrogens with two attached hydrogens (primary N) is 1. The number of likely N-dealkylation sites (N-methyl/N-ethyl adjacent to an activating group) is 1. The summed E-state index contributed by atoms with van der Waals surface area (Å²) in [6.45, 7) is 1.79. The average molecular weight is 244 g/mol. The molecule has 7 nitrogen and oxygen atoms in total. The minimum absolute atomic E-state index is 0.0908. The molecule has 0 aliphatic heterocycles. The molecule has 0 spiro atoms. The van der Waals surface area contributed by atoms with E-state index in [-0.39, 0.29) is 12.5 Å². The molecule has 0 saturated heterocycles. The van der Waals surface area contributed by atoms with Crippen LogP contribution in [0.4, 0.5) is 4.79 Å². The molecule has 0 aliphatic carbocycles. The van der Waals surface area contributed by atoms with E-state index in [1.165, 1.54) is 4.90 Å². The summed E-state index contributed by atoms with van der Waals surface area (Å²) in [5, 5.41) is 4.79. The monoisotopic (exact) mass is 244 g/mol. The molecule has 4 N–H and O–H groups in total. The molecule has 98 valence electrons. The van der Waals surface area contributed by atoms with Crippen molar-refractivity contribution in [1.29, 1.82) is 0 Å². The normalized spacial score (nSPS) is 11.5. The number of amides is 4. The first kappa shape index (κ1) is 15.2. The van der Waals surface area contributed by atoms with Gasteiger partial charge in [-0.25, -0.2) is 4.79 Å². The maximum Gasteiger partial charge on any atom is 0.312 e. The Morgan fingerprint density at radius 2 is 1.88 bits per heavy atom. The largest absolute Gasteiger partial charge is 0.352 e. The van der Waals surface area contributed by atoms with Gasteiger partial charge in [0.1, 0.15) is 6.04 Å². The van der Waals surface area contributed by atoms with E-state index in [4.69, 9.17) is 5.73 Å². The van der Waals surface area contributed by atoms with E-state index >= 15 is 0 Å². The number of hydrogen-bond acceptors (Lipinski definition) is 3. The average Bonchev–Trinajstić information content (AvgIpc) is 2.23. The number of nitrogens with one attached hydrogen (secondary N) is 2. The van der Waals surface area contributed by atoms with Gasteiger partial charge < -0.3 is 21.3 Å². The van der Waals surface area contributed by atoms with Gasteiger partial charge in [0.05, 0.1) is 6.54 Å². The van der Waals surface area contributed by atoms with Gasteiger partial charge in [0.15, 0.2) is 0 Å². The van der Waals surface area contributed by atoms with E-state index in [1.807, 2.05) is 6.92 Å². The molecule has 0 aromatic heterocycles. The van der Waals surface area contributed by atoms with Gasteiger partial charge in [0.2, 0.25) is 11.8 Å². The van der Waals surface area contributed by atoms with Crippen LogP contribution >= 0.6 is 0 Å². The van der Waals surface area contributed by atoms with E-state index in [9.17, 15) is 14.4 Å². The van der Waals surface area contributed by atoms with Crippen molar-refractivity contribution in [2.24, 2.45) is 5.73 Å². The Kier molecular flexibility index (Phi) is 6.69. The van der Waals surface area contributed by atoms with Crippen molar-refractivity contribution in [2.75, 3.05) is 20.6 Å². The van der Waals surface area contributed by atoms with Crippen LogP contribution in [0.25, 0.3) is 0 Å². The van der Waals surface area contributed by atoms with E-state index in [1.54, 1.807) is 14.1 Å². The summed E-state index contributed by atoms with van der Waals surface area (Å²) >= 11 is 0. The summed E-state index contributed by atoms with van der Waals surface area (Å²) in [6.07, 6.45) is 1.20. The van der Waals surface area contributed by atoms with Crippen molar-refractivity contribution in [3.63, 3.8) is 0 Å². The highest BCUT2D eigenvalue weighted by molar-refractivity contribution is 5.89. The summed E-state index contributed by atoms with van der Waals surface area (Å²) in [5.41, 5.74) is 4.96. The quantitative estimate of drug-likeness (QED) is 0.559. The van der Waals surface area contributed by atoms with Crippen molar-refractivity contribution in [1.82, 2.24) is 15.5 Å². The lowest BCUT2D eigenvalue weighted by molar-refractivity contribution is -0.131. The number of nitrogens with zero attached hydrogens (tertiary/aromatic N) is 1. The second kappa shape index (κ2) is 7.48. The SMILES string of the molecule is CCC[C@H](NC(N)=O)C(=O)NCC(=O)N(C)C. The second-order valence-electron chi connectivity index (χ2n) is 3.86. The maximum absolute atomic E-state index is 11.6. The fourth-order valence-corrected chi connectivity index (χ4v) is 1.17. The topological polar surface area (TPSA) is 105 Å². The highest BCUT2D eigenvalue weighted by Gasteiger charge is 2.19. The van der Waals surface area contributed by atoms with Gasteiger partial charge in [-0.15, -0.1) is 0 Å². The lowest BCUT2D eigenvalue weighted by Gasteiger charge is -2.17. The summed E-state index contributed by atoms with van der Waals surface area (Å²) < 4.78 is 0. The molecule has 4 amide bonds. The first-order valence-corrected chi connectivity index (χ1v) is 5.42. The minimum atomic E-state index is -0.752. The molecular weight excluding hydrogens is 224 g/mol. The third-order valence-electron chi connectivity index (χ3n) is 2.12. The minimum Gasteiger partial charge on any atom is -0.352 e. The second-order valence-corrected chi connectivity index (χ2v) is 3.86. The highest BCUT2D eigenvalue weighted by atomic mass is 16.2. The molecule has 0 rings (SSSR count). The van der Waals surface area contributed by atoms with Crippen LogP contribution in [0.5, 0.6) is 0 Å². The molecular formula is C10H20N4O3. The number of hydrogen-bond donors (Lipinski definition) is 3. The molecule has 0 bridgehead atoms. The zero-order chi connectivity index (χ0) is 13.4. The first-order chi connectivity index (χ1) is 7.88. The third-order valence-corrected chi connectivity index (χ3v) is 2.12. The molecule has 0 aromatic rings. The van der Waals surface area contributed by atoms with Gasteiger partial charge in [-0.05, 0) is 6.42 Å². The number of rotatable bonds is 6. The Labute approximate surface area is 101 Å². The fraction of sp³-hybridized carbons (Fsp3) is 0.700. The molecule has 0 aliphatic rings. The third kappa shape index (κ3) is 6.39. The van der Waals surface area contributed by atoms with Crippen LogP contribution in [0.3, 0.4) is 0 Å². The van der Waals surface area contributed by atoms with E-state index < -0.39 is 18.0 Å². The molecule has 1 atom stereocenters. The Balaban J connectivity index is 4.23. The number of carbonyl (C=O) groups is 3. The van der Waals surface area contributed by atoms with E-state index in [0.717, 1.165) is 6.42 Å². The summed E-state index contributed by atoms with van der Waals surface area (Å²) in [7, 11) is 3.19. The Hall–Kier alpha value is -1.79. The molecule has 0 unspecified atom stereocenters. The smallest absolute Gasteiger partial charge is 0.312 e. The van der Waals surface area contributed by atoms with Gasteiger partial charge in [-0.3, -0.25) is 9.59 Å². The molecule has 17 heavy (non-hydrogen) atoms. The molecule has 0 saturated carbocycles. The van der Waals surface area contributed by atoms with Crippen LogP contribution in [0.1, 0.15) is 19.8 Å². The van der Waals surface area contributed by atoms with Gasteiger partial charge in [0.25, 0.3) is 0 Å². The van der Waals surface area contributed by atoms with Crippen LogP contribution < -0.4 is 16.4 Å². The maximum atomic E-state index is 11.6. The Morgan fingerprint density at radius 3 is 2.29 bits per heavy atom. The zero-order valence-corrected chi connectivity index (χ0v) is 10.4. The van der Waals surface area contributed by atoms with Crippen molar-refractivity contribution in [2.45, 2.75) is 25.8 Å². The van der Waals surface area contributed by atoms with Crippen LogP contribution in [0.2, 0.25) is 0 Å². The van der Waals surface area contributed by atoms with Gasteiger partial charge >= 0.3 is 6.03 Å². The van der Waals surface area contributed by atoms with Crippen LogP contribution in [0, 0.1) is 0 Å². The van der Waals surface area contributed by atoms with Crippen molar-refractivity contribution < 1.29 is 14.4 Å². The standard InChI is InChI=1S/C10H20N4O3/c1-4-5-7(13-10(11)17)9(16)12-6-8(15)14(2)3/h7H,4-6H2,1-3H3,(H,12,16)(H3,11,13,17)/t7-/m0/s1. The number of carbonyl (C=O) groups excluding carboxylic acids is 3. The summed E-state index contributed by atoms with van der Waals surface area (Å²) in [4.78, 5) is 35.0. The molecule has 0 aromatic carbocycles. The first-order valence-electron chi connectivity index (χ1n) is 5.42. The molecule has 0 radical (unpaired) electrons. The predicted octanol–water partition coefficient (Wildman–Crippen LogP) is -0.972. The fourth-order valence-electron chi connectivity index (χ4n) is 1.17. The lowest BCUT2D eigenvalue weighted by atomic mass is 10.1. The number of urea groups is 1. The van der Waals surface area contributed by atoms with Crippen molar-refractivity contribution >= 4 is 17.8 Å². The predicted molar refractivity (Wildman–Crippen MR) is 63.1 cm³/mol. The molecule has 7 heteroatoms. The van der Waals surface area contributed by atoms with Crippen LogP contribution in [-0.2, 0) is 9.59 Å². The van der Waals surface area contributed by atoms with Crippen LogP contribution in [-0.4, -0.2) is 49.4 Å². The van der Waals surface area contributed by atoms with E-state index in [2.05, 4.69) is 10.6 Å². The van der Waals surface area contributed by atoms with E-state index in [0.29, 0.717) is 6.42 Å². The molecule has 0 fully saturated rings. The van der Waals surface area contributed by atoms with Crippen LogP contribution in [0.15, 0.2) is 0 Å². The molecule has 0 heterocycles. The lowest BCUT2D eigenvalue weighted by Crippen LogP contribution is -2.50.